The summed E-state index contributed by atoms with van der Waals surface area (Å²) < 4.78 is 5.04. The number of aryl methyl sites for hydroxylation is 1. The van der Waals surface area contributed by atoms with Gasteiger partial charge in [0.05, 0.1) is 18.4 Å². The monoisotopic (exact) mass is 162 g/mol. The maximum atomic E-state index is 8.64. The van der Waals surface area contributed by atoms with Gasteiger partial charge in [-0.2, -0.15) is 5.26 Å². The van der Waals surface area contributed by atoms with E-state index in [0.29, 0.717) is 17.0 Å². The molecule has 0 aromatic heterocycles. The molecule has 0 amide bonds. The number of methoxy groups -OCH3 is 1. The SMILES string of the molecule is COc1cc(N)c(C#N)cc1C. The molecule has 0 bridgehead atoms. The first-order valence-corrected chi connectivity index (χ1v) is 3.53. The molecule has 12 heavy (non-hydrogen) atoms. The van der Waals surface area contributed by atoms with Crippen LogP contribution in [0.5, 0.6) is 5.75 Å². The van der Waals surface area contributed by atoms with Crippen LogP contribution < -0.4 is 10.5 Å². The van der Waals surface area contributed by atoms with Crippen molar-refractivity contribution in [3.8, 4) is 11.8 Å². The zero-order chi connectivity index (χ0) is 9.14. The number of benzene rings is 1. The molecule has 0 spiro atoms. The molecule has 0 aliphatic carbocycles. The van der Waals surface area contributed by atoms with Crippen molar-refractivity contribution in [3.63, 3.8) is 0 Å². The molecule has 3 heteroatoms. The van der Waals surface area contributed by atoms with Crippen LogP contribution in [0.25, 0.3) is 0 Å². The van der Waals surface area contributed by atoms with Gasteiger partial charge in [-0.25, -0.2) is 0 Å². The van der Waals surface area contributed by atoms with Crippen molar-refractivity contribution in [2.24, 2.45) is 0 Å². The zero-order valence-corrected chi connectivity index (χ0v) is 7.09. The van der Waals surface area contributed by atoms with Gasteiger partial charge >= 0.3 is 0 Å². The molecule has 1 aromatic carbocycles. The van der Waals surface area contributed by atoms with Crippen LogP contribution in [-0.2, 0) is 0 Å². The van der Waals surface area contributed by atoms with E-state index >= 15 is 0 Å². The lowest BCUT2D eigenvalue weighted by molar-refractivity contribution is 0.412. The Morgan fingerprint density at radius 2 is 2.17 bits per heavy atom. The van der Waals surface area contributed by atoms with Crippen LogP contribution in [0.4, 0.5) is 5.69 Å². The molecule has 0 aliphatic heterocycles. The molecule has 0 fully saturated rings. The number of rotatable bonds is 1. The summed E-state index contributed by atoms with van der Waals surface area (Å²) in [6.07, 6.45) is 0. The topological polar surface area (TPSA) is 59.0 Å². The van der Waals surface area contributed by atoms with Gasteiger partial charge in [0, 0.05) is 6.07 Å². The number of hydrogen-bond acceptors (Lipinski definition) is 3. The summed E-state index contributed by atoms with van der Waals surface area (Å²) in [4.78, 5) is 0. The van der Waals surface area contributed by atoms with Crippen molar-refractivity contribution in [1.82, 2.24) is 0 Å². The van der Waals surface area contributed by atoms with E-state index in [1.165, 1.54) is 0 Å². The lowest BCUT2D eigenvalue weighted by Crippen LogP contribution is -1.94. The number of nitrogens with two attached hydrogens (primary N) is 1. The third-order valence-corrected chi connectivity index (χ3v) is 1.69. The van der Waals surface area contributed by atoms with Gasteiger partial charge in [-0.1, -0.05) is 0 Å². The van der Waals surface area contributed by atoms with E-state index in [0.717, 1.165) is 5.56 Å². The maximum Gasteiger partial charge on any atom is 0.123 e. The number of nitriles is 1. The molecular weight excluding hydrogens is 152 g/mol. The Balaban J connectivity index is 3.28. The van der Waals surface area contributed by atoms with E-state index in [9.17, 15) is 0 Å². The highest BCUT2D eigenvalue weighted by Gasteiger charge is 2.03. The van der Waals surface area contributed by atoms with Crippen LogP contribution in [0, 0.1) is 18.3 Å². The molecular formula is C9H10N2O. The van der Waals surface area contributed by atoms with Crippen LogP contribution in [0.3, 0.4) is 0 Å². The van der Waals surface area contributed by atoms with E-state index in [2.05, 4.69) is 0 Å². The number of anilines is 1. The Hall–Kier alpha value is -1.69. The van der Waals surface area contributed by atoms with E-state index in [1.54, 1.807) is 19.2 Å². The van der Waals surface area contributed by atoms with Crippen molar-refractivity contribution >= 4 is 5.69 Å². The fourth-order valence-corrected chi connectivity index (χ4v) is 1.02. The molecule has 0 radical (unpaired) electrons. The van der Waals surface area contributed by atoms with Crippen LogP contribution >= 0.6 is 0 Å². The van der Waals surface area contributed by atoms with Gasteiger partial charge in [-0.05, 0) is 18.6 Å². The van der Waals surface area contributed by atoms with Gasteiger partial charge in [0.25, 0.3) is 0 Å². The highest BCUT2D eigenvalue weighted by Crippen LogP contribution is 2.23. The zero-order valence-electron chi connectivity index (χ0n) is 7.09. The largest absolute Gasteiger partial charge is 0.496 e. The minimum Gasteiger partial charge on any atom is -0.496 e. The van der Waals surface area contributed by atoms with Crippen molar-refractivity contribution < 1.29 is 4.74 Å². The van der Waals surface area contributed by atoms with E-state index in [1.807, 2.05) is 13.0 Å². The molecule has 1 rings (SSSR count). The molecule has 62 valence electrons. The van der Waals surface area contributed by atoms with Gasteiger partial charge in [0.2, 0.25) is 0 Å². The van der Waals surface area contributed by atoms with Gasteiger partial charge in [0.15, 0.2) is 0 Å². The van der Waals surface area contributed by atoms with Crippen molar-refractivity contribution in [2.75, 3.05) is 12.8 Å². The molecule has 3 nitrogen and oxygen atoms in total. The van der Waals surface area contributed by atoms with Crippen LogP contribution in [-0.4, -0.2) is 7.11 Å². The third kappa shape index (κ3) is 1.32. The minimum atomic E-state index is 0.458. The Bertz CT molecular complexity index is 338. The van der Waals surface area contributed by atoms with Gasteiger partial charge in [-0.15, -0.1) is 0 Å². The van der Waals surface area contributed by atoms with Crippen LogP contribution in [0.1, 0.15) is 11.1 Å². The number of hydrogen-bond donors (Lipinski definition) is 1. The Kier molecular flexibility index (Phi) is 2.20. The highest BCUT2D eigenvalue weighted by atomic mass is 16.5. The molecule has 2 N–H and O–H groups in total. The Morgan fingerprint density at radius 1 is 1.50 bits per heavy atom. The molecule has 0 atom stereocenters. The van der Waals surface area contributed by atoms with E-state index in [4.69, 9.17) is 15.7 Å². The van der Waals surface area contributed by atoms with E-state index in [-0.39, 0.29) is 0 Å². The normalized spacial score (nSPS) is 9.08. The lowest BCUT2D eigenvalue weighted by atomic mass is 10.1. The first-order chi connectivity index (χ1) is 5.69. The quantitative estimate of drug-likeness (QED) is 0.636. The van der Waals surface area contributed by atoms with Crippen molar-refractivity contribution in [1.29, 1.82) is 5.26 Å². The minimum absolute atomic E-state index is 0.458. The molecule has 1 aromatic rings. The fraction of sp³-hybridized carbons (Fsp3) is 0.222. The smallest absolute Gasteiger partial charge is 0.123 e. The lowest BCUT2D eigenvalue weighted by Gasteiger charge is -2.05. The van der Waals surface area contributed by atoms with Crippen LogP contribution in [0.15, 0.2) is 12.1 Å². The average molecular weight is 162 g/mol. The van der Waals surface area contributed by atoms with Gasteiger partial charge < -0.3 is 10.5 Å². The molecule has 0 aliphatic rings. The van der Waals surface area contributed by atoms with Gasteiger partial charge in [0.1, 0.15) is 11.8 Å². The first-order valence-electron chi connectivity index (χ1n) is 3.53. The fourth-order valence-electron chi connectivity index (χ4n) is 1.02. The Morgan fingerprint density at radius 3 is 2.67 bits per heavy atom. The number of ether oxygens (including phenoxy) is 1. The number of nitrogens with zero attached hydrogens (tertiary/aromatic N) is 1. The summed E-state index contributed by atoms with van der Waals surface area (Å²) in [7, 11) is 1.58. The molecule has 0 saturated carbocycles. The second kappa shape index (κ2) is 3.14. The predicted octanol–water partition coefficient (Wildman–Crippen LogP) is 1.46. The summed E-state index contributed by atoms with van der Waals surface area (Å²) in [5.74, 6) is 0.714. The molecule has 0 heterocycles. The summed E-state index contributed by atoms with van der Waals surface area (Å²) in [6.45, 7) is 1.87. The summed E-state index contributed by atoms with van der Waals surface area (Å²) >= 11 is 0. The van der Waals surface area contributed by atoms with Crippen molar-refractivity contribution in [2.45, 2.75) is 6.92 Å². The van der Waals surface area contributed by atoms with Gasteiger partial charge in [-0.3, -0.25) is 0 Å². The molecule has 0 unspecified atom stereocenters. The predicted molar refractivity (Wildman–Crippen MR) is 46.9 cm³/mol. The second-order valence-corrected chi connectivity index (χ2v) is 2.52. The highest BCUT2D eigenvalue weighted by molar-refractivity contribution is 5.59. The number of nitrogen functional groups attached to an aromatic ring is 1. The van der Waals surface area contributed by atoms with Crippen LogP contribution in [0.2, 0.25) is 0 Å². The van der Waals surface area contributed by atoms with E-state index < -0.39 is 0 Å². The summed E-state index contributed by atoms with van der Waals surface area (Å²) in [5.41, 5.74) is 7.45. The Labute approximate surface area is 71.4 Å². The third-order valence-electron chi connectivity index (χ3n) is 1.69. The van der Waals surface area contributed by atoms with Crippen molar-refractivity contribution in [3.05, 3.63) is 23.3 Å². The second-order valence-electron chi connectivity index (χ2n) is 2.52. The molecule has 0 saturated heterocycles. The first kappa shape index (κ1) is 8.41. The summed E-state index contributed by atoms with van der Waals surface area (Å²) in [6, 6.07) is 5.38. The summed E-state index contributed by atoms with van der Waals surface area (Å²) in [5, 5.41) is 8.64. The average Bonchev–Trinajstić information content (AvgIpc) is 2.08. The standard InChI is InChI=1S/C9H10N2O/c1-6-3-7(5-10)8(11)4-9(6)12-2/h3-4H,11H2,1-2H3. The maximum absolute atomic E-state index is 8.64.